The fraction of sp³-hybridized carbons (Fsp3) is 0.143. The number of rotatable bonds is 6. The number of amides is 1. The zero-order valence-electron chi connectivity index (χ0n) is 15.4. The molecule has 0 fully saturated rings. The molecule has 0 bridgehead atoms. The molecular weight excluding hydrogens is 370 g/mol. The monoisotopic (exact) mass is 389 g/mol. The van der Waals surface area contributed by atoms with Crippen LogP contribution in [-0.2, 0) is 11.2 Å². The van der Waals surface area contributed by atoms with Crippen molar-refractivity contribution in [2.45, 2.75) is 19.8 Å². The van der Waals surface area contributed by atoms with Crippen LogP contribution >= 0.6 is 11.3 Å². The Morgan fingerprint density at radius 2 is 1.96 bits per heavy atom. The second-order valence-corrected chi connectivity index (χ2v) is 7.32. The molecule has 7 heteroatoms. The van der Waals surface area contributed by atoms with Crippen LogP contribution in [0, 0.1) is 6.92 Å². The maximum absolute atomic E-state index is 12.3. The van der Waals surface area contributed by atoms with Gasteiger partial charge in [0, 0.05) is 18.8 Å². The lowest BCUT2D eigenvalue weighted by Gasteiger charge is -2.01. The Hall–Kier alpha value is -3.32. The minimum Gasteiger partial charge on any atom is -0.302 e. The Bertz CT molecular complexity index is 1070. The van der Waals surface area contributed by atoms with E-state index in [-0.39, 0.29) is 5.91 Å². The van der Waals surface area contributed by atoms with Crippen molar-refractivity contribution < 1.29 is 4.79 Å². The fourth-order valence-corrected chi connectivity index (χ4v) is 3.79. The molecule has 4 rings (SSSR count). The van der Waals surface area contributed by atoms with Crippen molar-refractivity contribution >= 4 is 22.4 Å². The second-order valence-electron chi connectivity index (χ2n) is 6.33. The standard InChI is InChI=1S/C21H19N5OS/c1-15-20(18-9-5-6-12-22-18)28-21(24-15)25-19(27)11-10-16-13-23-26(14-16)17-7-3-2-4-8-17/h2-9,12-14H,10-11H2,1H3,(H,24,25,27). The number of benzene rings is 1. The summed E-state index contributed by atoms with van der Waals surface area (Å²) < 4.78 is 1.82. The number of aryl methyl sites for hydroxylation is 2. The highest BCUT2D eigenvalue weighted by molar-refractivity contribution is 7.19. The highest BCUT2D eigenvalue weighted by atomic mass is 32.1. The van der Waals surface area contributed by atoms with Gasteiger partial charge in [0.05, 0.1) is 28.1 Å². The number of aromatic nitrogens is 4. The summed E-state index contributed by atoms with van der Waals surface area (Å²) in [6.45, 7) is 1.92. The van der Waals surface area contributed by atoms with Crippen LogP contribution in [0.2, 0.25) is 0 Å². The summed E-state index contributed by atoms with van der Waals surface area (Å²) in [6.07, 6.45) is 6.50. The highest BCUT2D eigenvalue weighted by Crippen LogP contribution is 2.31. The Morgan fingerprint density at radius 1 is 1.14 bits per heavy atom. The van der Waals surface area contributed by atoms with Gasteiger partial charge in [-0.05, 0) is 43.2 Å². The van der Waals surface area contributed by atoms with Crippen LogP contribution < -0.4 is 5.32 Å². The Kier molecular flexibility index (Phi) is 5.25. The molecule has 3 heterocycles. The van der Waals surface area contributed by atoms with E-state index >= 15 is 0 Å². The van der Waals surface area contributed by atoms with Gasteiger partial charge in [0.15, 0.2) is 5.13 Å². The number of nitrogens with zero attached hydrogens (tertiary/aromatic N) is 4. The van der Waals surface area contributed by atoms with Gasteiger partial charge in [0.2, 0.25) is 5.91 Å². The smallest absolute Gasteiger partial charge is 0.226 e. The lowest BCUT2D eigenvalue weighted by molar-refractivity contribution is -0.116. The Balaban J connectivity index is 1.36. The van der Waals surface area contributed by atoms with Gasteiger partial charge in [-0.15, -0.1) is 0 Å². The quantitative estimate of drug-likeness (QED) is 0.534. The molecule has 4 aromatic rings. The van der Waals surface area contributed by atoms with Gasteiger partial charge in [0.1, 0.15) is 0 Å². The molecule has 1 amide bonds. The van der Waals surface area contributed by atoms with E-state index < -0.39 is 0 Å². The highest BCUT2D eigenvalue weighted by Gasteiger charge is 2.13. The normalized spacial score (nSPS) is 10.8. The molecule has 0 atom stereocenters. The van der Waals surface area contributed by atoms with Crippen molar-refractivity contribution in [3.63, 3.8) is 0 Å². The molecule has 1 N–H and O–H groups in total. The molecule has 1 aromatic carbocycles. The van der Waals surface area contributed by atoms with E-state index in [4.69, 9.17) is 0 Å². The lowest BCUT2D eigenvalue weighted by Crippen LogP contribution is -2.12. The van der Waals surface area contributed by atoms with E-state index in [1.807, 2.05) is 66.3 Å². The number of pyridine rings is 1. The third kappa shape index (κ3) is 4.15. The van der Waals surface area contributed by atoms with Gasteiger partial charge in [-0.2, -0.15) is 5.10 Å². The second kappa shape index (κ2) is 8.14. The van der Waals surface area contributed by atoms with Gasteiger partial charge >= 0.3 is 0 Å². The van der Waals surface area contributed by atoms with Gasteiger partial charge < -0.3 is 5.32 Å². The first-order valence-corrected chi connectivity index (χ1v) is 9.78. The predicted octanol–water partition coefficient (Wildman–Crippen LogP) is 4.27. The summed E-state index contributed by atoms with van der Waals surface area (Å²) in [5.41, 5.74) is 3.75. The first-order chi connectivity index (χ1) is 13.7. The first kappa shape index (κ1) is 18.1. The number of carbonyl (C=O) groups is 1. The molecule has 6 nitrogen and oxygen atoms in total. The molecule has 0 saturated carbocycles. The maximum atomic E-state index is 12.3. The topological polar surface area (TPSA) is 72.7 Å². The summed E-state index contributed by atoms with van der Waals surface area (Å²) >= 11 is 1.44. The predicted molar refractivity (Wildman–Crippen MR) is 111 cm³/mol. The van der Waals surface area contributed by atoms with E-state index in [1.165, 1.54) is 11.3 Å². The maximum Gasteiger partial charge on any atom is 0.226 e. The average molecular weight is 389 g/mol. The number of para-hydroxylation sites is 1. The minimum atomic E-state index is -0.0613. The SMILES string of the molecule is Cc1nc(NC(=O)CCc2cnn(-c3ccccc3)c2)sc1-c1ccccn1. The summed E-state index contributed by atoms with van der Waals surface area (Å²) in [5, 5.41) is 7.86. The number of nitrogens with one attached hydrogen (secondary N) is 1. The van der Waals surface area contributed by atoms with Crippen LogP contribution in [0.5, 0.6) is 0 Å². The van der Waals surface area contributed by atoms with E-state index in [2.05, 4.69) is 20.4 Å². The van der Waals surface area contributed by atoms with Crippen molar-refractivity contribution in [2.24, 2.45) is 0 Å². The zero-order valence-corrected chi connectivity index (χ0v) is 16.2. The first-order valence-electron chi connectivity index (χ1n) is 8.97. The van der Waals surface area contributed by atoms with Gasteiger partial charge in [-0.1, -0.05) is 35.6 Å². The van der Waals surface area contributed by atoms with Gasteiger partial charge in [-0.25, -0.2) is 9.67 Å². The van der Waals surface area contributed by atoms with Crippen molar-refractivity contribution in [1.82, 2.24) is 19.7 Å². The molecular formula is C21H19N5OS. The van der Waals surface area contributed by atoms with E-state index in [0.717, 1.165) is 27.5 Å². The number of hydrogen-bond acceptors (Lipinski definition) is 5. The Morgan fingerprint density at radius 3 is 2.75 bits per heavy atom. The Labute approximate surface area is 166 Å². The summed E-state index contributed by atoms with van der Waals surface area (Å²) in [7, 11) is 0. The lowest BCUT2D eigenvalue weighted by atomic mass is 10.2. The van der Waals surface area contributed by atoms with E-state index in [0.29, 0.717) is 18.0 Å². The molecule has 3 aromatic heterocycles. The van der Waals surface area contributed by atoms with E-state index in [9.17, 15) is 4.79 Å². The number of anilines is 1. The average Bonchev–Trinajstić information content (AvgIpc) is 3.34. The van der Waals surface area contributed by atoms with Gasteiger partial charge in [0.25, 0.3) is 0 Å². The van der Waals surface area contributed by atoms with Crippen molar-refractivity contribution in [3.05, 3.63) is 78.4 Å². The molecule has 0 saturated heterocycles. The van der Waals surface area contributed by atoms with Crippen molar-refractivity contribution in [1.29, 1.82) is 0 Å². The summed E-state index contributed by atoms with van der Waals surface area (Å²) in [4.78, 5) is 22.1. The molecule has 0 spiro atoms. The minimum absolute atomic E-state index is 0.0613. The van der Waals surface area contributed by atoms with Crippen LogP contribution in [-0.4, -0.2) is 25.7 Å². The number of carbonyl (C=O) groups excluding carboxylic acids is 1. The van der Waals surface area contributed by atoms with Crippen LogP contribution in [0.25, 0.3) is 16.3 Å². The third-order valence-corrected chi connectivity index (χ3v) is 5.33. The zero-order chi connectivity index (χ0) is 19.3. The molecule has 0 aliphatic carbocycles. The fourth-order valence-electron chi connectivity index (χ4n) is 2.84. The molecule has 140 valence electrons. The van der Waals surface area contributed by atoms with Crippen LogP contribution in [0.3, 0.4) is 0 Å². The van der Waals surface area contributed by atoms with Crippen molar-refractivity contribution in [3.8, 4) is 16.3 Å². The molecule has 0 unspecified atom stereocenters. The number of thiazole rings is 1. The van der Waals surface area contributed by atoms with Gasteiger partial charge in [-0.3, -0.25) is 9.78 Å². The van der Waals surface area contributed by atoms with Crippen LogP contribution in [0.1, 0.15) is 17.7 Å². The van der Waals surface area contributed by atoms with Crippen LogP contribution in [0.15, 0.2) is 67.1 Å². The largest absolute Gasteiger partial charge is 0.302 e. The van der Waals surface area contributed by atoms with Crippen molar-refractivity contribution in [2.75, 3.05) is 5.32 Å². The van der Waals surface area contributed by atoms with Crippen LogP contribution in [0.4, 0.5) is 5.13 Å². The van der Waals surface area contributed by atoms with E-state index in [1.54, 1.807) is 12.4 Å². The molecule has 0 aliphatic rings. The molecule has 28 heavy (non-hydrogen) atoms. The summed E-state index contributed by atoms with van der Waals surface area (Å²) in [5.74, 6) is -0.0613. The molecule has 0 radical (unpaired) electrons. The summed E-state index contributed by atoms with van der Waals surface area (Å²) in [6, 6.07) is 15.7. The molecule has 0 aliphatic heterocycles. The number of hydrogen-bond donors (Lipinski definition) is 1. The third-order valence-electron chi connectivity index (χ3n) is 4.24.